The number of Topliss-reactive ketones (excluding diaryl/α,β-unsaturated/α-hetero) is 1. The summed E-state index contributed by atoms with van der Waals surface area (Å²) < 4.78 is 0. The highest BCUT2D eigenvalue weighted by molar-refractivity contribution is 6.05. The van der Waals surface area contributed by atoms with Crippen molar-refractivity contribution in [2.24, 2.45) is 16.7 Å². The summed E-state index contributed by atoms with van der Waals surface area (Å²) in [5.74, 6) is -0.812. The molecule has 2 saturated carbocycles. The monoisotopic (exact) mass is 298 g/mol. The summed E-state index contributed by atoms with van der Waals surface area (Å²) in [5.41, 5.74) is 0.978. The fourth-order valence-electron chi connectivity index (χ4n) is 4.04. The molecule has 0 amide bonds. The highest BCUT2D eigenvalue weighted by atomic mass is 16.4. The summed E-state index contributed by atoms with van der Waals surface area (Å²) in [5, 5.41) is 14.1. The Kier molecular flexibility index (Phi) is 3.17. The normalized spacial score (nSPS) is 30.8. The van der Waals surface area contributed by atoms with Gasteiger partial charge in [-0.25, -0.2) is 0 Å². The van der Waals surface area contributed by atoms with Crippen LogP contribution in [-0.2, 0) is 4.79 Å². The van der Waals surface area contributed by atoms with E-state index in [4.69, 9.17) is 0 Å². The number of nitrogens with one attached hydrogen (secondary N) is 1. The summed E-state index contributed by atoms with van der Waals surface area (Å²) in [4.78, 5) is 23.8. The maximum absolute atomic E-state index is 12.7. The first-order valence-electron chi connectivity index (χ1n) is 7.61. The van der Waals surface area contributed by atoms with Gasteiger partial charge in [0.1, 0.15) is 0 Å². The maximum Gasteiger partial charge on any atom is 0.167 e. The van der Waals surface area contributed by atoms with E-state index < -0.39 is 5.97 Å². The molecule has 4 nitrogen and oxygen atoms in total. The van der Waals surface area contributed by atoms with Crippen molar-refractivity contribution in [3.8, 4) is 0 Å². The lowest BCUT2D eigenvalue weighted by atomic mass is 9.70. The Labute approximate surface area is 130 Å². The van der Waals surface area contributed by atoms with Crippen LogP contribution < -0.4 is 10.4 Å². The third-order valence-electron chi connectivity index (χ3n) is 5.90. The van der Waals surface area contributed by atoms with E-state index in [0.717, 1.165) is 18.4 Å². The number of aromatic carboxylic acids is 1. The predicted octanol–water partition coefficient (Wildman–Crippen LogP) is 2.37. The number of hydrogen-bond acceptors (Lipinski definition) is 4. The number of carbonyl (C=O) groups excluding carboxylic acids is 2. The average molecular weight is 298 g/mol. The average Bonchev–Trinajstić information content (AvgIpc) is 2.78. The van der Waals surface area contributed by atoms with Crippen molar-refractivity contribution in [3.05, 3.63) is 41.6 Å². The zero-order valence-corrected chi connectivity index (χ0v) is 13.1. The third-order valence-corrected chi connectivity index (χ3v) is 5.90. The molecule has 0 unspecified atom stereocenters. The molecule has 1 N–H and O–H groups in total. The second kappa shape index (κ2) is 4.70. The molecule has 0 heterocycles. The Bertz CT molecular complexity index is 689. The molecule has 2 bridgehead atoms. The molecule has 2 fully saturated rings. The summed E-state index contributed by atoms with van der Waals surface area (Å²) in [7, 11) is 0. The van der Waals surface area contributed by atoms with Crippen LogP contribution in [0.5, 0.6) is 0 Å². The highest BCUT2D eigenvalue weighted by Gasteiger charge is 2.63. The number of ketones is 1. The fourth-order valence-corrected chi connectivity index (χ4v) is 4.04. The smallest absolute Gasteiger partial charge is 0.167 e. The summed E-state index contributed by atoms with van der Waals surface area (Å²) in [6, 6.07) is 6.56. The minimum Gasteiger partial charge on any atom is -0.545 e. The standard InChI is InChI=1S/C18H21NO3/c1-17(2)13-8-9-18(17,3)15(20)12(13)10-19-14-7-5-4-6-11(14)16(21)22/h4-7,10,13,19H,8-9H2,1-3H3,(H,21,22)/p-1/b12-10-/t13-,18-/m0/s1. The number of fused-ring (bicyclic) bond motifs is 2. The van der Waals surface area contributed by atoms with Gasteiger partial charge in [-0.1, -0.05) is 39.0 Å². The Balaban J connectivity index is 1.93. The van der Waals surface area contributed by atoms with E-state index in [1.54, 1.807) is 24.4 Å². The number of benzene rings is 1. The molecule has 2 aliphatic rings. The number of carbonyl (C=O) groups is 2. The quantitative estimate of drug-likeness (QED) is 0.870. The van der Waals surface area contributed by atoms with Crippen LogP contribution in [0.15, 0.2) is 36.0 Å². The van der Waals surface area contributed by atoms with Crippen molar-refractivity contribution in [3.63, 3.8) is 0 Å². The molecule has 2 atom stereocenters. The zero-order chi connectivity index (χ0) is 16.1. The number of para-hydroxylation sites is 1. The molecule has 0 radical (unpaired) electrons. The van der Waals surface area contributed by atoms with E-state index in [9.17, 15) is 14.7 Å². The second-order valence-corrected chi connectivity index (χ2v) is 7.05. The Morgan fingerprint density at radius 1 is 1.32 bits per heavy atom. The lowest BCUT2D eigenvalue weighted by molar-refractivity contribution is -0.254. The second-order valence-electron chi connectivity index (χ2n) is 7.05. The van der Waals surface area contributed by atoms with Crippen molar-refractivity contribution < 1.29 is 14.7 Å². The van der Waals surface area contributed by atoms with E-state index >= 15 is 0 Å². The number of rotatable bonds is 3. The molecule has 0 aromatic heterocycles. The molecule has 1 aromatic carbocycles. The van der Waals surface area contributed by atoms with Gasteiger partial charge in [-0.05, 0) is 30.2 Å². The lowest BCUT2D eigenvalue weighted by Crippen LogP contribution is -2.32. The van der Waals surface area contributed by atoms with Gasteiger partial charge >= 0.3 is 0 Å². The van der Waals surface area contributed by atoms with Crippen molar-refractivity contribution in [2.45, 2.75) is 33.6 Å². The molecule has 1 aromatic rings. The molecule has 22 heavy (non-hydrogen) atoms. The highest BCUT2D eigenvalue weighted by Crippen LogP contribution is 2.65. The fraction of sp³-hybridized carbons (Fsp3) is 0.444. The van der Waals surface area contributed by atoms with Crippen LogP contribution in [0.2, 0.25) is 0 Å². The zero-order valence-electron chi connectivity index (χ0n) is 13.1. The van der Waals surface area contributed by atoms with Crippen LogP contribution in [0, 0.1) is 16.7 Å². The molecule has 4 heteroatoms. The minimum absolute atomic E-state index is 0.0501. The largest absolute Gasteiger partial charge is 0.545 e. The summed E-state index contributed by atoms with van der Waals surface area (Å²) in [6.07, 6.45) is 3.63. The molecule has 0 aliphatic heterocycles. The van der Waals surface area contributed by atoms with Gasteiger partial charge < -0.3 is 15.2 Å². The number of allylic oxidation sites excluding steroid dienone is 1. The predicted molar refractivity (Wildman–Crippen MR) is 82.1 cm³/mol. The van der Waals surface area contributed by atoms with Crippen LogP contribution in [0.25, 0.3) is 0 Å². The van der Waals surface area contributed by atoms with E-state index in [1.807, 2.05) is 6.92 Å². The van der Waals surface area contributed by atoms with Crippen molar-refractivity contribution in [1.82, 2.24) is 0 Å². The van der Waals surface area contributed by atoms with Gasteiger partial charge in [-0.15, -0.1) is 0 Å². The number of anilines is 1. The Morgan fingerprint density at radius 3 is 2.59 bits per heavy atom. The summed E-state index contributed by atoms with van der Waals surface area (Å²) >= 11 is 0. The topological polar surface area (TPSA) is 69.2 Å². The SMILES string of the molecule is CC1(C)[C@H]2CC[C@@]1(C)C(=O)/C2=C\Nc1ccccc1C(=O)[O-]. The van der Waals surface area contributed by atoms with Crippen molar-refractivity contribution >= 4 is 17.4 Å². The van der Waals surface area contributed by atoms with Gasteiger partial charge in [0.05, 0.1) is 5.97 Å². The molecule has 2 aliphatic carbocycles. The van der Waals surface area contributed by atoms with Crippen LogP contribution in [0.3, 0.4) is 0 Å². The molecular formula is C18H20NO3-. The van der Waals surface area contributed by atoms with Crippen molar-refractivity contribution in [2.75, 3.05) is 5.32 Å². The van der Waals surface area contributed by atoms with Crippen molar-refractivity contribution in [1.29, 1.82) is 0 Å². The van der Waals surface area contributed by atoms with Gasteiger partial charge in [0.15, 0.2) is 5.78 Å². The first-order valence-corrected chi connectivity index (χ1v) is 7.61. The first kappa shape index (κ1) is 14.8. The van der Waals surface area contributed by atoms with Gasteiger partial charge in [0.2, 0.25) is 0 Å². The van der Waals surface area contributed by atoms with E-state index in [0.29, 0.717) is 5.69 Å². The van der Waals surface area contributed by atoms with E-state index in [-0.39, 0.29) is 28.1 Å². The van der Waals surface area contributed by atoms with E-state index in [2.05, 4.69) is 19.2 Å². The van der Waals surface area contributed by atoms with E-state index in [1.165, 1.54) is 6.07 Å². The van der Waals surface area contributed by atoms with Gasteiger partial charge in [0, 0.05) is 28.4 Å². The molecule has 116 valence electrons. The van der Waals surface area contributed by atoms with Gasteiger partial charge in [-0.2, -0.15) is 0 Å². The maximum atomic E-state index is 12.7. The lowest BCUT2D eigenvalue weighted by Gasteiger charge is -2.31. The molecule has 0 saturated heterocycles. The van der Waals surface area contributed by atoms with Crippen LogP contribution in [-0.4, -0.2) is 11.8 Å². The molecular weight excluding hydrogens is 278 g/mol. The minimum atomic E-state index is -1.23. The Morgan fingerprint density at radius 2 is 2.00 bits per heavy atom. The van der Waals surface area contributed by atoms with Crippen LogP contribution >= 0.6 is 0 Å². The van der Waals surface area contributed by atoms with Crippen LogP contribution in [0.4, 0.5) is 5.69 Å². The third kappa shape index (κ3) is 1.83. The number of hydrogen-bond donors (Lipinski definition) is 1. The van der Waals surface area contributed by atoms with Crippen LogP contribution in [0.1, 0.15) is 44.0 Å². The summed E-state index contributed by atoms with van der Waals surface area (Å²) in [6.45, 7) is 6.35. The number of carboxylic acid groups (broad SMARTS) is 1. The van der Waals surface area contributed by atoms with Gasteiger partial charge in [0.25, 0.3) is 0 Å². The Hall–Kier alpha value is -2.10. The molecule has 3 rings (SSSR count). The molecule has 0 spiro atoms. The first-order chi connectivity index (χ1) is 10.3. The van der Waals surface area contributed by atoms with Gasteiger partial charge in [-0.3, -0.25) is 4.79 Å². The number of carboxylic acids is 1.